The van der Waals surface area contributed by atoms with Crippen molar-refractivity contribution in [3.63, 3.8) is 0 Å². The number of benzene rings is 2. The van der Waals surface area contributed by atoms with Crippen LogP contribution in [0.2, 0.25) is 0 Å². The minimum Gasteiger partial charge on any atom is -0.507 e. The van der Waals surface area contributed by atoms with Crippen LogP contribution in [0.15, 0.2) is 30.3 Å². The zero-order valence-electron chi connectivity index (χ0n) is 11.1. The number of fused-ring (bicyclic) bond motifs is 1. The van der Waals surface area contributed by atoms with Crippen LogP contribution in [0.3, 0.4) is 0 Å². The summed E-state index contributed by atoms with van der Waals surface area (Å²) in [6, 6.07) is 9.65. The fourth-order valence-electron chi connectivity index (χ4n) is 3.17. The van der Waals surface area contributed by atoms with E-state index in [-0.39, 0.29) is 5.54 Å². The Hall–Kier alpha value is -1.74. The number of rotatable bonds is 2. The monoisotopic (exact) mass is 257 g/mol. The summed E-state index contributed by atoms with van der Waals surface area (Å²) in [4.78, 5) is 0. The molecule has 0 aliphatic heterocycles. The molecule has 0 saturated heterocycles. The van der Waals surface area contributed by atoms with Crippen LogP contribution in [-0.4, -0.2) is 12.2 Å². The molecule has 2 aromatic rings. The minimum atomic E-state index is -0.374. The van der Waals surface area contributed by atoms with Gasteiger partial charge in [0.2, 0.25) is 0 Å². The van der Waals surface area contributed by atoms with Gasteiger partial charge in [0, 0.05) is 21.9 Å². The van der Waals surface area contributed by atoms with E-state index in [1.54, 1.807) is 7.11 Å². The predicted octanol–water partition coefficient (Wildman–Crippen LogP) is 3.28. The molecule has 1 fully saturated rings. The van der Waals surface area contributed by atoms with Gasteiger partial charge < -0.3 is 15.6 Å². The fraction of sp³-hybridized carbons (Fsp3) is 0.375. The molecule has 0 spiro atoms. The molecule has 0 amide bonds. The third-order valence-corrected chi connectivity index (χ3v) is 4.25. The van der Waals surface area contributed by atoms with Crippen molar-refractivity contribution < 1.29 is 9.84 Å². The van der Waals surface area contributed by atoms with Crippen molar-refractivity contribution in [2.45, 2.75) is 31.2 Å². The second-order valence-corrected chi connectivity index (χ2v) is 5.38. The molecule has 3 heteroatoms. The molecule has 1 aliphatic rings. The van der Waals surface area contributed by atoms with E-state index < -0.39 is 0 Å². The molecule has 0 unspecified atom stereocenters. The van der Waals surface area contributed by atoms with Gasteiger partial charge in [-0.2, -0.15) is 0 Å². The Kier molecular flexibility index (Phi) is 2.86. The van der Waals surface area contributed by atoms with Crippen molar-refractivity contribution >= 4 is 10.8 Å². The number of hydrogen-bond donors (Lipinski definition) is 2. The van der Waals surface area contributed by atoms with Gasteiger partial charge in [-0.1, -0.05) is 37.1 Å². The smallest absolute Gasteiger partial charge is 0.128 e. The summed E-state index contributed by atoms with van der Waals surface area (Å²) in [6.45, 7) is 0. The van der Waals surface area contributed by atoms with Gasteiger partial charge in [-0.05, 0) is 18.9 Å². The van der Waals surface area contributed by atoms with Crippen LogP contribution >= 0.6 is 0 Å². The van der Waals surface area contributed by atoms with Crippen molar-refractivity contribution in [3.05, 3.63) is 35.9 Å². The van der Waals surface area contributed by atoms with E-state index in [1.165, 1.54) is 0 Å². The molecule has 0 aromatic heterocycles. The molecular formula is C16H19NO2. The van der Waals surface area contributed by atoms with Crippen LogP contribution in [0.5, 0.6) is 11.5 Å². The molecule has 3 N–H and O–H groups in total. The second-order valence-electron chi connectivity index (χ2n) is 5.38. The standard InChI is InChI=1S/C16H19NO2/c1-19-14-6-4-5-12-11(14)7-8-13(15(12)18)16(17)9-2-3-10-16/h4-8,18H,2-3,9-10,17H2,1H3. The molecule has 19 heavy (non-hydrogen) atoms. The summed E-state index contributed by atoms with van der Waals surface area (Å²) < 4.78 is 5.33. The third-order valence-electron chi connectivity index (χ3n) is 4.25. The quantitative estimate of drug-likeness (QED) is 0.868. The van der Waals surface area contributed by atoms with Crippen molar-refractivity contribution in [2.75, 3.05) is 7.11 Å². The molecule has 0 bridgehead atoms. The highest BCUT2D eigenvalue weighted by atomic mass is 16.5. The van der Waals surface area contributed by atoms with E-state index >= 15 is 0 Å². The minimum absolute atomic E-state index is 0.306. The molecule has 3 rings (SSSR count). The van der Waals surface area contributed by atoms with Crippen molar-refractivity contribution in [1.29, 1.82) is 0 Å². The first-order valence-corrected chi connectivity index (χ1v) is 6.74. The molecule has 1 aliphatic carbocycles. The average Bonchev–Trinajstić information content (AvgIpc) is 2.86. The van der Waals surface area contributed by atoms with Gasteiger partial charge in [-0.3, -0.25) is 0 Å². The van der Waals surface area contributed by atoms with Crippen LogP contribution in [0, 0.1) is 0 Å². The Bertz CT molecular complexity index is 615. The molecule has 0 atom stereocenters. The maximum absolute atomic E-state index is 10.6. The van der Waals surface area contributed by atoms with Gasteiger partial charge in [0.15, 0.2) is 0 Å². The summed E-state index contributed by atoms with van der Waals surface area (Å²) in [6.07, 6.45) is 4.14. The first kappa shape index (κ1) is 12.3. The summed E-state index contributed by atoms with van der Waals surface area (Å²) in [5.74, 6) is 1.08. The van der Waals surface area contributed by atoms with Crippen LogP contribution in [-0.2, 0) is 5.54 Å². The van der Waals surface area contributed by atoms with Gasteiger partial charge in [0.05, 0.1) is 7.11 Å². The molecule has 1 saturated carbocycles. The lowest BCUT2D eigenvalue weighted by Gasteiger charge is -2.26. The van der Waals surface area contributed by atoms with E-state index in [0.717, 1.165) is 47.8 Å². The first-order chi connectivity index (χ1) is 9.15. The highest BCUT2D eigenvalue weighted by molar-refractivity contribution is 5.94. The van der Waals surface area contributed by atoms with Crippen LogP contribution in [0.1, 0.15) is 31.2 Å². The Labute approximate surface area is 113 Å². The van der Waals surface area contributed by atoms with Crippen molar-refractivity contribution in [1.82, 2.24) is 0 Å². The molecule has 3 nitrogen and oxygen atoms in total. The van der Waals surface area contributed by atoms with Gasteiger partial charge in [0.25, 0.3) is 0 Å². The fourth-order valence-corrected chi connectivity index (χ4v) is 3.17. The first-order valence-electron chi connectivity index (χ1n) is 6.74. The highest BCUT2D eigenvalue weighted by Crippen LogP contribution is 2.44. The number of ether oxygens (including phenoxy) is 1. The summed E-state index contributed by atoms with van der Waals surface area (Å²) in [5, 5.41) is 12.3. The zero-order valence-corrected chi connectivity index (χ0v) is 11.1. The van der Waals surface area contributed by atoms with Gasteiger partial charge >= 0.3 is 0 Å². The normalized spacial score (nSPS) is 17.8. The maximum Gasteiger partial charge on any atom is 0.128 e. The van der Waals surface area contributed by atoms with E-state index in [1.807, 2.05) is 30.3 Å². The molecule has 0 radical (unpaired) electrons. The zero-order chi connectivity index (χ0) is 13.5. The molecule has 2 aromatic carbocycles. The number of methoxy groups -OCH3 is 1. The molecular weight excluding hydrogens is 238 g/mol. The number of phenolic OH excluding ortho intramolecular Hbond substituents is 1. The van der Waals surface area contributed by atoms with E-state index in [0.29, 0.717) is 5.75 Å². The van der Waals surface area contributed by atoms with E-state index in [4.69, 9.17) is 10.5 Å². The van der Waals surface area contributed by atoms with Gasteiger partial charge in [-0.25, -0.2) is 0 Å². The Morgan fingerprint density at radius 3 is 2.53 bits per heavy atom. The van der Waals surface area contributed by atoms with Crippen LogP contribution < -0.4 is 10.5 Å². The van der Waals surface area contributed by atoms with Crippen molar-refractivity contribution in [3.8, 4) is 11.5 Å². The van der Waals surface area contributed by atoms with E-state index in [2.05, 4.69) is 0 Å². The van der Waals surface area contributed by atoms with Gasteiger partial charge in [-0.15, -0.1) is 0 Å². The van der Waals surface area contributed by atoms with Crippen LogP contribution in [0.4, 0.5) is 0 Å². The highest BCUT2D eigenvalue weighted by Gasteiger charge is 2.34. The average molecular weight is 257 g/mol. The van der Waals surface area contributed by atoms with E-state index in [9.17, 15) is 5.11 Å². The third kappa shape index (κ3) is 1.85. The SMILES string of the molecule is COc1cccc2c(O)c(C3(N)CCCC3)ccc12. The summed E-state index contributed by atoms with van der Waals surface area (Å²) in [5.41, 5.74) is 6.94. The summed E-state index contributed by atoms with van der Waals surface area (Å²) in [7, 11) is 1.64. The van der Waals surface area contributed by atoms with Gasteiger partial charge in [0.1, 0.15) is 11.5 Å². The predicted molar refractivity (Wildman–Crippen MR) is 76.5 cm³/mol. The largest absolute Gasteiger partial charge is 0.507 e. The Morgan fingerprint density at radius 2 is 1.84 bits per heavy atom. The maximum atomic E-state index is 10.6. The number of aromatic hydroxyl groups is 1. The molecule has 0 heterocycles. The Balaban J connectivity index is 2.21. The number of hydrogen-bond acceptors (Lipinski definition) is 3. The summed E-state index contributed by atoms with van der Waals surface area (Å²) >= 11 is 0. The number of phenols is 1. The topological polar surface area (TPSA) is 55.5 Å². The molecule has 100 valence electrons. The lowest BCUT2D eigenvalue weighted by molar-refractivity contribution is 0.411. The Morgan fingerprint density at radius 1 is 1.11 bits per heavy atom. The second kappa shape index (κ2) is 4.42. The number of nitrogens with two attached hydrogens (primary N) is 1. The van der Waals surface area contributed by atoms with Crippen LogP contribution in [0.25, 0.3) is 10.8 Å². The lowest BCUT2D eigenvalue weighted by Crippen LogP contribution is -2.33. The lowest BCUT2D eigenvalue weighted by atomic mass is 9.87. The van der Waals surface area contributed by atoms with Crippen molar-refractivity contribution in [2.24, 2.45) is 5.73 Å².